The molecule has 1 atom stereocenters. The minimum atomic E-state index is -0.705. The van der Waals surface area contributed by atoms with E-state index < -0.39 is 23.3 Å². The monoisotopic (exact) mass is 283 g/mol. The Hall–Kier alpha value is -1.47. The highest BCUT2D eigenvalue weighted by molar-refractivity contribution is 6.04. The standard InChI is InChI=1S/C13H21N3O4/c1-2-9-11(18)15-10(17)7-16(9)12(19)13(8-14)3-5-20-6-4-13/h9H,2-8,14H2,1H3,(H,15,17,18). The number of nitrogens with two attached hydrogens (primary N) is 1. The van der Waals surface area contributed by atoms with Crippen LogP contribution in [-0.4, -0.2) is 55.0 Å². The Morgan fingerprint density at radius 1 is 1.45 bits per heavy atom. The fraction of sp³-hybridized carbons (Fsp3) is 0.769. The first-order valence-electron chi connectivity index (χ1n) is 6.96. The van der Waals surface area contributed by atoms with Gasteiger partial charge in [-0.2, -0.15) is 0 Å². The second-order valence-electron chi connectivity index (χ2n) is 5.37. The molecule has 0 aromatic heterocycles. The molecule has 0 aromatic carbocycles. The van der Waals surface area contributed by atoms with Crippen molar-refractivity contribution in [2.24, 2.45) is 11.1 Å². The Balaban J connectivity index is 2.24. The van der Waals surface area contributed by atoms with Gasteiger partial charge in [-0.05, 0) is 19.3 Å². The lowest BCUT2D eigenvalue weighted by Gasteiger charge is -2.42. The second-order valence-corrected chi connectivity index (χ2v) is 5.37. The average molecular weight is 283 g/mol. The topological polar surface area (TPSA) is 102 Å². The van der Waals surface area contributed by atoms with Crippen LogP contribution in [0.15, 0.2) is 0 Å². The van der Waals surface area contributed by atoms with Gasteiger partial charge in [0.1, 0.15) is 12.6 Å². The molecule has 2 aliphatic rings. The van der Waals surface area contributed by atoms with Crippen molar-refractivity contribution in [3.63, 3.8) is 0 Å². The first-order chi connectivity index (χ1) is 9.54. The minimum Gasteiger partial charge on any atom is -0.381 e. The highest BCUT2D eigenvalue weighted by Crippen LogP contribution is 2.33. The molecule has 2 rings (SSSR count). The Labute approximate surface area is 117 Å². The lowest BCUT2D eigenvalue weighted by Crippen LogP contribution is -2.63. The Morgan fingerprint density at radius 2 is 2.10 bits per heavy atom. The van der Waals surface area contributed by atoms with Crippen molar-refractivity contribution in [3.8, 4) is 0 Å². The first-order valence-corrected chi connectivity index (χ1v) is 6.96. The molecule has 1 unspecified atom stereocenters. The number of carbonyl (C=O) groups is 3. The molecule has 3 N–H and O–H groups in total. The maximum Gasteiger partial charge on any atom is 0.249 e. The van der Waals surface area contributed by atoms with Crippen molar-refractivity contribution in [2.45, 2.75) is 32.2 Å². The van der Waals surface area contributed by atoms with Crippen LogP contribution in [-0.2, 0) is 19.1 Å². The lowest BCUT2D eigenvalue weighted by molar-refractivity contribution is -0.159. The normalized spacial score (nSPS) is 26.3. The molecule has 0 spiro atoms. The van der Waals surface area contributed by atoms with Gasteiger partial charge in [0.25, 0.3) is 0 Å². The van der Waals surface area contributed by atoms with Gasteiger partial charge in [0.15, 0.2) is 0 Å². The number of amides is 3. The van der Waals surface area contributed by atoms with E-state index in [1.165, 1.54) is 4.90 Å². The van der Waals surface area contributed by atoms with Crippen LogP contribution in [0.2, 0.25) is 0 Å². The SMILES string of the molecule is CCC1C(=O)NC(=O)CN1C(=O)C1(CN)CCOCC1. The quantitative estimate of drug-likeness (QED) is 0.647. The van der Waals surface area contributed by atoms with Gasteiger partial charge in [-0.3, -0.25) is 19.7 Å². The van der Waals surface area contributed by atoms with Crippen LogP contribution in [0.25, 0.3) is 0 Å². The molecule has 2 heterocycles. The Bertz CT molecular complexity index is 418. The van der Waals surface area contributed by atoms with Gasteiger partial charge in [0.05, 0.1) is 5.41 Å². The molecule has 20 heavy (non-hydrogen) atoms. The third-order valence-electron chi connectivity index (χ3n) is 4.20. The smallest absolute Gasteiger partial charge is 0.249 e. The largest absolute Gasteiger partial charge is 0.381 e. The highest BCUT2D eigenvalue weighted by Gasteiger charge is 2.46. The number of ether oxygens (including phenoxy) is 1. The van der Waals surface area contributed by atoms with E-state index in [4.69, 9.17) is 10.5 Å². The summed E-state index contributed by atoms with van der Waals surface area (Å²) in [6, 6.07) is -0.591. The summed E-state index contributed by atoms with van der Waals surface area (Å²) in [5, 5.41) is 2.27. The van der Waals surface area contributed by atoms with E-state index in [1.807, 2.05) is 6.92 Å². The zero-order valence-corrected chi connectivity index (χ0v) is 11.7. The van der Waals surface area contributed by atoms with E-state index in [0.717, 1.165) is 0 Å². The summed E-state index contributed by atoms with van der Waals surface area (Å²) < 4.78 is 5.29. The van der Waals surface area contributed by atoms with Crippen molar-refractivity contribution in [2.75, 3.05) is 26.3 Å². The molecule has 2 saturated heterocycles. The molecule has 2 fully saturated rings. The van der Waals surface area contributed by atoms with Crippen LogP contribution in [0.1, 0.15) is 26.2 Å². The zero-order valence-electron chi connectivity index (χ0n) is 11.7. The summed E-state index contributed by atoms with van der Waals surface area (Å²) in [4.78, 5) is 37.6. The van der Waals surface area contributed by atoms with Crippen LogP contribution in [0.3, 0.4) is 0 Å². The van der Waals surface area contributed by atoms with Crippen molar-refractivity contribution < 1.29 is 19.1 Å². The average Bonchev–Trinajstić information content (AvgIpc) is 2.46. The fourth-order valence-corrected chi connectivity index (χ4v) is 2.86. The van der Waals surface area contributed by atoms with Gasteiger partial charge in [-0.25, -0.2) is 0 Å². The maximum absolute atomic E-state index is 12.8. The van der Waals surface area contributed by atoms with Crippen LogP contribution >= 0.6 is 0 Å². The molecular formula is C13H21N3O4. The molecule has 0 aliphatic carbocycles. The van der Waals surface area contributed by atoms with E-state index in [2.05, 4.69) is 5.32 Å². The van der Waals surface area contributed by atoms with Crippen LogP contribution < -0.4 is 11.1 Å². The summed E-state index contributed by atoms with van der Waals surface area (Å²) >= 11 is 0. The van der Waals surface area contributed by atoms with E-state index >= 15 is 0 Å². The fourth-order valence-electron chi connectivity index (χ4n) is 2.86. The summed E-state index contributed by atoms with van der Waals surface area (Å²) in [5.74, 6) is -1.04. The molecular weight excluding hydrogens is 262 g/mol. The van der Waals surface area contributed by atoms with Crippen molar-refractivity contribution in [3.05, 3.63) is 0 Å². The number of nitrogens with zero attached hydrogens (tertiary/aromatic N) is 1. The molecule has 112 valence electrons. The molecule has 2 aliphatic heterocycles. The zero-order chi connectivity index (χ0) is 14.8. The van der Waals surface area contributed by atoms with E-state index in [1.54, 1.807) is 0 Å². The minimum absolute atomic E-state index is 0.0777. The summed E-state index contributed by atoms with van der Waals surface area (Å²) in [6.07, 6.45) is 1.54. The van der Waals surface area contributed by atoms with Crippen LogP contribution in [0.4, 0.5) is 0 Å². The van der Waals surface area contributed by atoms with Crippen molar-refractivity contribution in [1.82, 2.24) is 10.2 Å². The maximum atomic E-state index is 12.8. The summed E-state index contributed by atoms with van der Waals surface area (Å²) in [6.45, 7) is 2.91. The molecule has 0 bridgehead atoms. The predicted molar refractivity (Wildman–Crippen MR) is 70.5 cm³/mol. The molecule has 0 aromatic rings. The lowest BCUT2D eigenvalue weighted by atomic mass is 9.78. The Morgan fingerprint density at radius 3 is 2.65 bits per heavy atom. The van der Waals surface area contributed by atoms with E-state index in [0.29, 0.717) is 32.5 Å². The number of hydrogen-bond donors (Lipinski definition) is 2. The van der Waals surface area contributed by atoms with Gasteiger partial charge < -0.3 is 15.4 Å². The van der Waals surface area contributed by atoms with E-state index in [9.17, 15) is 14.4 Å². The van der Waals surface area contributed by atoms with Crippen LogP contribution in [0.5, 0.6) is 0 Å². The van der Waals surface area contributed by atoms with Crippen LogP contribution in [0, 0.1) is 5.41 Å². The third kappa shape index (κ3) is 2.55. The molecule has 0 saturated carbocycles. The number of piperazine rings is 1. The van der Waals surface area contributed by atoms with Gasteiger partial charge >= 0.3 is 0 Å². The van der Waals surface area contributed by atoms with E-state index in [-0.39, 0.29) is 19.0 Å². The summed E-state index contributed by atoms with van der Waals surface area (Å²) in [7, 11) is 0. The number of rotatable bonds is 3. The van der Waals surface area contributed by atoms with Gasteiger partial charge in [-0.15, -0.1) is 0 Å². The second kappa shape index (κ2) is 5.88. The highest BCUT2D eigenvalue weighted by atomic mass is 16.5. The van der Waals surface area contributed by atoms with Crippen molar-refractivity contribution >= 4 is 17.7 Å². The number of nitrogens with one attached hydrogen (secondary N) is 1. The predicted octanol–water partition coefficient (Wildman–Crippen LogP) is -0.994. The first kappa shape index (κ1) is 14.9. The molecule has 0 radical (unpaired) electrons. The van der Waals surface area contributed by atoms with Gasteiger partial charge in [-0.1, -0.05) is 6.92 Å². The Kier molecular flexibility index (Phi) is 4.39. The number of carbonyl (C=O) groups excluding carboxylic acids is 3. The van der Waals surface area contributed by atoms with Gasteiger partial charge in [0.2, 0.25) is 17.7 Å². The number of hydrogen-bond acceptors (Lipinski definition) is 5. The summed E-state index contributed by atoms with van der Waals surface area (Å²) in [5.41, 5.74) is 5.11. The van der Waals surface area contributed by atoms with Crippen molar-refractivity contribution in [1.29, 1.82) is 0 Å². The molecule has 7 nitrogen and oxygen atoms in total. The molecule has 7 heteroatoms. The van der Waals surface area contributed by atoms with Gasteiger partial charge in [0, 0.05) is 19.8 Å². The number of imide groups is 1. The molecule has 3 amide bonds. The third-order valence-corrected chi connectivity index (χ3v) is 4.20.